The number of hydrogen-bond donors (Lipinski definition) is 6. The Balaban J connectivity index is 1.08. The third-order valence-corrected chi connectivity index (χ3v) is 16.2. The lowest BCUT2D eigenvalue weighted by Gasteiger charge is -2.37. The van der Waals surface area contributed by atoms with Gasteiger partial charge in [-0.3, -0.25) is 28.8 Å². The highest BCUT2D eigenvalue weighted by Crippen LogP contribution is 2.50. The molecular weight excluding hydrogens is 985 g/mol. The number of carbonyl (C=O) groups is 6. The Hall–Kier alpha value is -7.46. The highest BCUT2D eigenvalue weighted by molar-refractivity contribution is 8.00. The van der Waals surface area contributed by atoms with Crippen LogP contribution in [0.2, 0.25) is 0 Å². The highest BCUT2D eigenvalue weighted by Gasteiger charge is 2.52. The number of esters is 1. The van der Waals surface area contributed by atoms with E-state index in [4.69, 9.17) is 0 Å². The molecule has 388 valence electrons. The molecule has 6 aromatic rings. The van der Waals surface area contributed by atoms with E-state index >= 15 is 0 Å². The first-order chi connectivity index (χ1) is 36.4. The summed E-state index contributed by atoms with van der Waals surface area (Å²) in [6.45, 7) is -0.413. The standard InChI is InChI=1S/C60H62N4O9S2/c1-73-54(69)41-61-57(72)58(37-38-58)64-56(71)51(42-75-60(46-28-14-5-15-29-46,47-30-16-6-17-31-47)48-32-18-7-19-33-48)63-55(70)50(35-36-53(67)68)62-52(66)40-49(65)34-20-21-39-74-59(43-22-8-2-9-23-43,44-24-10-3-11-25-44)45-26-12-4-13-27-45/h2-20,22-34,49-51,65H,21,35-42H2,1H3,(H,61,72)(H,62,66)(H,63,70)(H,64,71)(H,67,68)/b34-20+/t49-,50-,51-/m1/s1. The van der Waals surface area contributed by atoms with Gasteiger partial charge < -0.3 is 36.2 Å². The monoisotopic (exact) mass is 1050 g/mol. The van der Waals surface area contributed by atoms with E-state index in [1.165, 1.54) is 24.9 Å². The lowest BCUT2D eigenvalue weighted by molar-refractivity contribution is -0.141. The molecule has 6 aromatic carbocycles. The molecule has 0 aromatic heterocycles. The van der Waals surface area contributed by atoms with E-state index < -0.39 is 88.2 Å². The fourth-order valence-corrected chi connectivity index (χ4v) is 12.1. The first kappa shape index (κ1) is 55.3. The van der Waals surface area contributed by atoms with Crippen molar-refractivity contribution >= 4 is 59.1 Å². The van der Waals surface area contributed by atoms with Crippen LogP contribution in [0, 0.1) is 0 Å². The van der Waals surface area contributed by atoms with Crippen molar-refractivity contribution in [2.24, 2.45) is 0 Å². The number of carbonyl (C=O) groups excluding carboxylic acids is 5. The molecule has 0 aliphatic heterocycles. The normalized spacial score (nSPS) is 14.1. The van der Waals surface area contributed by atoms with Gasteiger partial charge in [-0.05, 0) is 64.8 Å². The zero-order valence-corrected chi connectivity index (χ0v) is 43.3. The summed E-state index contributed by atoms with van der Waals surface area (Å²) >= 11 is 3.14. The fourth-order valence-electron chi connectivity index (χ4n) is 9.03. The summed E-state index contributed by atoms with van der Waals surface area (Å²) in [5.74, 6) is -4.15. The van der Waals surface area contributed by atoms with Gasteiger partial charge in [0.1, 0.15) is 24.2 Å². The first-order valence-corrected chi connectivity index (χ1v) is 26.8. The molecule has 6 N–H and O–H groups in total. The molecule has 0 heterocycles. The molecule has 1 fully saturated rings. The van der Waals surface area contributed by atoms with E-state index in [9.17, 15) is 39.0 Å². The quantitative estimate of drug-likeness (QED) is 0.0127. The van der Waals surface area contributed by atoms with E-state index in [0.717, 1.165) is 33.4 Å². The van der Waals surface area contributed by atoms with Crippen LogP contribution in [-0.2, 0) is 43.0 Å². The van der Waals surface area contributed by atoms with Crippen LogP contribution >= 0.6 is 23.5 Å². The number of allylic oxidation sites excluding steroid dienone is 1. The van der Waals surface area contributed by atoms with Gasteiger partial charge in [0, 0.05) is 12.2 Å². The number of ether oxygens (including phenoxy) is 1. The molecular formula is C60H62N4O9S2. The maximum atomic E-state index is 14.6. The number of rotatable bonds is 27. The number of thioether (sulfide) groups is 2. The molecule has 3 atom stereocenters. The van der Waals surface area contributed by atoms with Crippen molar-refractivity contribution < 1.29 is 43.7 Å². The second-order valence-corrected chi connectivity index (χ2v) is 20.7. The molecule has 13 nitrogen and oxygen atoms in total. The van der Waals surface area contributed by atoms with Gasteiger partial charge in [0.15, 0.2) is 0 Å². The summed E-state index contributed by atoms with van der Waals surface area (Å²) in [5.41, 5.74) is 4.65. The van der Waals surface area contributed by atoms with Crippen LogP contribution in [0.25, 0.3) is 0 Å². The largest absolute Gasteiger partial charge is 0.481 e. The number of carboxylic acids is 1. The summed E-state index contributed by atoms with van der Waals surface area (Å²) in [5, 5.41) is 31.6. The molecule has 1 aliphatic carbocycles. The molecule has 0 spiro atoms. The molecule has 0 saturated heterocycles. The fraction of sp³-hybridized carbons (Fsp3) is 0.267. The Labute approximate surface area is 446 Å². The van der Waals surface area contributed by atoms with Gasteiger partial charge in [-0.2, -0.15) is 0 Å². The molecule has 0 bridgehead atoms. The van der Waals surface area contributed by atoms with E-state index in [0.29, 0.717) is 12.2 Å². The Morgan fingerprint density at radius 2 is 1.04 bits per heavy atom. The summed E-state index contributed by atoms with van der Waals surface area (Å²) in [6.07, 6.45) is 1.94. The summed E-state index contributed by atoms with van der Waals surface area (Å²) < 4.78 is 3.21. The number of methoxy groups -OCH3 is 1. The van der Waals surface area contributed by atoms with Gasteiger partial charge in [-0.15, -0.1) is 23.5 Å². The minimum atomic E-state index is -1.43. The first-order valence-electron chi connectivity index (χ1n) is 24.8. The number of aliphatic carboxylic acids is 1. The SMILES string of the molecule is COC(=O)CNC(=O)C1(NC(=O)[C@@H](CSC(c2ccccc2)(c2ccccc2)c2ccccc2)NC(=O)[C@@H](CCC(=O)O)NC(=O)C[C@H](O)/C=C/CCSC(c2ccccc2)(c2ccccc2)c2ccccc2)CC1. The van der Waals surface area contributed by atoms with Crippen LogP contribution in [0.15, 0.2) is 194 Å². The minimum Gasteiger partial charge on any atom is -0.481 e. The number of nitrogens with one attached hydrogen (secondary N) is 4. The van der Waals surface area contributed by atoms with E-state index in [1.54, 1.807) is 11.8 Å². The average molecular weight is 1050 g/mol. The second kappa shape index (κ2) is 26.7. The topological polar surface area (TPSA) is 200 Å². The predicted molar refractivity (Wildman–Crippen MR) is 294 cm³/mol. The zero-order chi connectivity index (χ0) is 53.1. The van der Waals surface area contributed by atoms with Crippen LogP contribution in [0.1, 0.15) is 71.9 Å². The number of carboxylic acid groups (broad SMARTS) is 1. The smallest absolute Gasteiger partial charge is 0.325 e. The predicted octanol–water partition coefficient (Wildman–Crippen LogP) is 7.91. The van der Waals surface area contributed by atoms with Gasteiger partial charge in [0.2, 0.25) is 23.6 Å². The Morgan fingerprint density at radius 1 is 0.613 bits per heavy atom. The van der Waals surface area contributed by atoms with Crippen molar-refractivity contribution in [3.8, 4) is 0 Å². The van der Waals surface area contributed by atoms with Crippen LogP contribution in [0.4, 0.5) is 0 Å². The average Bonchev–Trinajstić information content (AvgIpc) is 4.24. The molecule has 0 unspecified atom stereocenters. The third-order valence-electron chi connectivity index (χ3n) is 13.0. The highest BCUT2D eigenvalue weighted by atomic mass is 32.2. The van der Waals surface area contributed by atoms with Crippen molar-refractivity contribution in [1.82, 2.24) is 21.3 Å². The van der Waals surface area contributed by atoms with Crippen molar-refractivity contribution in [2.75, 3.05) is 25.2 Å². The van der Waals surface area contributed by atoms with Gasteiger partial charge in [-0.25, -0.2) is 0 Å². The van der Waals surface area contributed by atoms with E-state index in [1.807, 2.05) is 152 Å². The zero-order valence-electron chi connectivity index (χ0n) is 41.6. The third kappa shape index (κ3) is 14.2. The van der Waals surface area contributed by atoms with Gasteiger partial charge in [0.05, 0.1) is 29.1 Å². The molecule has 1 aliphatic rings. The maximum Gasteiger partial charge on any atom is 0.325 e. The molecule has 7 rings (SSSR count). The number of amides is 4. The van der Waals surface area contributed by atoms with E-state index in [2.05, 4.69) is 62.4 Å². The Kier molecular flexibility index (Phi) is 19.7. The summed E-state index contributed by atoms with van der Waals surface area (Å²) in [7, 11) is 1.19. The molecule has 0 radical (unpaired) electrons. The molecule has 1 saturated carbocycles. The second-order valence-electron chi connectivity index (χ2n) is 18.2. The van der Waals surface area contributed by atoms with Crippen molar-refractivity contribution in [1.29, 1.82) is 0 Å². The van der Waals surface area contributed by atoms with Gasteiger partial charge in [0.25, 0.3) is 0 Å². The van der Waals surface area contributed by atoms with Crippen molar-refractivity contribution in [2.45, 2.75) is 71.7 Å². The van der Waals surface area contributed by atoms with Crippen LogP contribution < -0.4 is 21.3 Å². The van der Waals surface area contributed by atoms with Gasteiger partial charge in [-0.1, -0.05) is 194 Å². The van der Waals surface area contributed by atoms with Crippen LogP contribution in [-0.4, -0.2) is 94.7 Å². The summed E-state index contributed by atoms with van der Waals surface area (Å²) in [4.78, 5) is 80.0. The minimum absolute atomic E-state index is 0.0688. The van der Waals surface area contributed by atoms with Crippen molar-refractivity contribution in [3.05, 3.63) is 228 Å². The number of aliphatic hydroxyl groups is 1. The number of hydrogen-bond acceptors (Lipinski definition) is 10. The lowest BCUT2D eigenvalue weighted by atomic mass is 9.84. The molecule has 4 amide bonds. The van der Waals surface area contributed by atoms with Crippen LogP contribution in [0.5, 0.6) is 0 Å². The number of benzene rings is 6. The maximum absolute atomic E-state index is 14.6. The summed E-state index contributed by atoms with van der Waals surface area (Å²) in [6, 6.07) is 57.3. The van der Waals surface area contributed by atoms with Crippen molar-refractivity contribution in [3.63, 3.8) is 0 Å². The van der Waals surface area contributed by atoms with Crippen LogP contribution in [0.3, 0.4) is 0 Å². The molecule has 75 heavy (non-hydrogen) atoms. The van der Waals surface area contributed by atoms with Gasteiger partial charge >= 0.3 is 11.9 Å². The van der Waals surface area contributed by atoms with E-state index in [-0.39, 0.29) is 25.0 Å². The Morgan fingerprint density at radius 3 is 1.44 bits per heavy atom. The molecule has 15 heteroatoms. The Bertz CT molecular complexity index is 2670. The number of aliphatic hydroxyl groups excluding tert-OH is 1. The lowest BCUT2D eigenvalue weighted by Crippen LogP contribution is -2.59.